The molecule has 7 nitrogen and oxygen atoms in total. The molecule has 0 spiro atoms. The number of nitrogens with zero attached hydrogens (tertiary/aromatic N) is 5. The molecule has 0 N–H and O–H groups in total. The summed E-state index contributed by atoms with van der Waals surface area (Å²) in [6, 6.07) is 9.99. The molecule has 1 saturated heterocycles. The summed E-state index contributed by atoms with van der Waals surface area (Å²) in [6.45, 7) is 1.52. The Labute approximate surface area is 151 Å². The third kappa shape index (κ3) is 2.50. The van der Waals surface area contributed by atoms with Gasteiger partial charge >= 0.3 is 11.8 Å². The van der Waals surface area contributed by atoms with E-state index in [2.05, 4.69) is 10.3 Å². The van der Waals surface area contributed by atoms with Gasteiger partial charge in [-0.1, -0.05) is 23.4 Å². The summed E-state index contributed by atoms with van der Waals surface area (Å²) in [5.41, 5.74) is 1.60. The van der Waals surface area contributed by atoms with Crippen molar-refractivity contribution in [2.24, 2.45) is 11.8 Å². The highest BCUT2D eigenvalue weighted by Crippen LogP contribution is 2.50. The van der Waals surface area contributed by atoms with E-state index in [-0.39, 0.29) is 11.9 Å². The number of hydrogen-bond donors (Lipinski definition) is 0. The first-order valence-corrected chi connectivity index (χ1v) is 9.25. The number of fused-ring (bicyclic) bond motifs is 1. The van der Waals surface area contributed by atoms with E-state index < -0.39 is 5.91 Å². The van der Waals surface area contributed by atoms with E-state index in [0.717, 1.165) is 18.0 Å². The van der Waals surface area contributed by atoms with Gasteiger partial charge < -0.3 is 9.80 Å². The minimum atomic E-state index is -0.408. The highest BCUT2D eigenvalue weighted by atomic mass is 16.2. The Bertz CT molecular complexity index is 843. The fraction of sp³-hybridized carbons (Fsp3) is 0.474. The molecule has 6 rings (SSSR count). The Morgan fingerprint density at radius 3 is 2.54 bits per heavy atom. The van der Waals surface area contributed by atoms with Gasteiger partial charge in [0.15, 0.2) is 0 Å². The molecule has 2 amide bonds. The number of rotatable bonds is 4. The number of aromatic nitrogens is 3. The molecule has 2 bridgehead atoms. The quantitative estimate of drug-likeness (QED) is 0.777. The van der Waals surface area contributed by atoms with Crippen molar-refractivity contribution in [2.45, 2.75) is 31.8 Å². The average molecular weight is 351 g/mol. The SMILES string of the molecule is O=C1C(=O)N(C2CC3CC2C3)CCN1Cc1cn(-c2ccccc2)nn1. The summed E-state index contributed by atoms with van der Waals surface area (Å²) in [5, 5.41) is 8.28. The van der Waals surface area contributed by atoms with Crippen LogP contribution in [0.2, 0.25) is 0 Å². The smallest absolute Gasteiger partial charge is 0.312 e. The molecule has 2 aromatic rings. The molecule has 1 aromatic heterocycles. The number of carbonyl (C=O) groups excluding carboxylic acids is 2. The summed E-state index contributed by atoms with van der Waals surface area (Å²) >= 11 is 0. The van der Waals surface area contributed by atoms with Crippen LogP contribution in [0.25, 0.3) is 5.69 Å². The monoisotopic (exact) mass is 351 g/mol. The lowest BCUT2D eigenvalue weighted by Gasteiger charge is -2.38. The van der Waals surface area contributed by atoms with Gasteiger partial charge in [0.25, 0.3) is 0 Å². The molecule has 26 heavy (non-hydrogen) atoms. The van der Waals surface area contributed by atoms with Gasteiger partial charge in [0, 0.05) is 19.1 Å². The van der Waals surface area contributed by atoms with Gasteiger partial charge in [-0.3, -0.25) is 9.59 Å². The molecule has 7 heteroatoms. The molecule has 2 heterocycles. The van der Waals surface area contributed by atoms with Crippen LogP contribution in [0, 0.1) is 11.8 Å². The lowest BCUT2D eigenvalue weighted by molar-refractivity contribution is -0.158. The fourth-order valence-corrected chi connectivity index (χ4v) is 4.64. The molecule has 1 aliphatic heterocycles. The first-order chi connectivity index (χ1) is 12.7. The van der Waals surface area contributed by atoms with Gasteiger partial charge in [0.2, 0.25) is 0 Å². The van der Waals surface area contributed by atoms with Crippen molar-refractivity contribution >= 4 is 11.8 Å². The van der Waals surface area contributed by atoms with Crippen LogP contribution in [0.15, 0.2) is 36.5 Å². The standard InChI is InChI=1S/C19H21N5O2/c25-18-19(26)23(17-10-13-8-14(17)9-13)7-6-22(18)11-15-12-24(21-20-15)16-4-2-1-3-5-16/h1-5,12-14,17H,6-11H2. The van der Waals surface area contributed by atoms with Gasteiger partial charge in [-0.2, -0.15) is 0 Å². The van der Waals surface area contributed by atoms with Crippen molar-refractivity contribution in [1.29, 1.82) is 0 Å². The molecule has 3 saturated carbocycles. The molecular formula is C19H21N5O2. The van der Waals surface area contributed by atoms with Crippen LogP contribution < -0.4 is 0 Å². The van der Waals surface area contributed by atoms with Crippen molar-refractivity contribution in [3.8, 4) is 5.69 Å². The van der Waals surface area contributed by atoms with Crippen molar-refractivity contribution in [2.75, 3.05) is 13.1 Å². The van der Waals surface area contributed by atoms with Gasteiger partial charge in [-0.05, 0) is 43.2 Å². The maximum Gasteiger partial charge on any atom is 0.312 e. The van der Waals surface area contributed by atoms with E-state index in [9.17, 15) is 9.59 Å². The van der Waals surface area contributed by atoms with Crippen LogP contribution in [-0.2, 0) is 16.1 Å². The summed E-state index contributed by atoms with van der Waals surface area (Å²) in [4.78, 5) is 28.6. The topological polar surface area (TPSA) is 71.3 Å². The maximum atomic E-state index is 12.6. The molecule has 1 aromatic carbocycles. The zero-order valence-electron chi connectivity index (χ0n) is 14.5. The number of hydrogen-bond acceptors (Lipinski definition) is 4. The molecular weight excluding hydrogens is 330 g/mol. The van der Waals surface area contributed by atoms with Crippen LogP contribution in [0.4, 0.5) is 0 Å². The average Bonchev–Trinajstić information content (AvgIpc) is 3.35. The Morgan fingerprint density at radius 1 is 1.00 bits per heavy atom. The maximum absolute atomic E-state index is 12.6. The molecule has 4 fully saturated rings. The molecule has 134 valence electrons. The van der Waals surface area contributed by atoms with Crippen LogP contribution in [0.3, 0.4) is 0 Å². The second-order valence-electron chi connectivity index (χ2n) is 7.62. The van der Waals surface area contributed by atoms with Gasteiger partial charge in [0.1, 0.15) is 5.69 Å². The van der Waals surface area contributed by atoms with Crippen molar-refractivity contribution in [3.05, 3.63) is 42.2 Å². The van der Waals surface area contributed by atoms with E-state index in [1.54, 1.807) is 9.58 Å². The number of amides is 2. The van der Waals surface area contributed by atoms with E-state index >= 15 is 0 Å². The number of piperazine rings is 1. The normalized spacial score (nSPS) is 27.8. The fourth-order valence-electron chi connectivity index (χ4n) is 4.64. The van der Waals surface area contributed by atoms with E-state index in [4.69, 9.17) is 0 Å². The Kier molecular flexibility index (Phi) is 3.55. The van der Waals surface area contributed by atoms with Gasteiger partial charge in [0.05, 0.1) is 18.4 Å². The van der Waals surface area contributed by atoms with Crippen LogP contribution in [0.5, 0.6) is 0 Å². The molecule has 4 aliphatic rings. The van der Waals surface area contributed by atoms with Crippen molar-refractivity contribution < 1.29 is 9.59 Å². The third-order valence-corrected chi connectivity index (χ3v) is 6.05. The van der Waals surface area contributed by atoms with Crippen LogP contribution in [-0.4, -0.2) is 55.7 Å². The molecule has 1 unspecified atom stereocenters. The Balaban J connectivity index is 1.26. The first-order valence-electron chi connectivity index (χ1n) is 9.25. The lowest BCUT2D eigenvalue weighted by atomic mass is 9.84. The molecule has 0 radical (unpaired) electrons. The summed E-state index contributed by atoms with van der Waals surface area (Å²) in [5.74, 6) is 0.645. The molecule has 3 aliphatic carbocycles. The van der Waals surface area contributed by atoms with Gasteiger partial charge in [-0.25, -0.2) is 4.68 Å². The summed E-state index contributed by atoms with van der Waals surface area (Å²) in [6.07, 6.45) is 5.35. The summed E-state index contributed by atoms with van der Waals surface area (Å²) < 4.78 is 1.68. The summed E-state index contributed by atoms with van der Waals surface area (Å²) in [7, 11) is 0. The number of benzene rings is 1. The predicted molar refractivity (Wildman–Crippen MR) is 93.1 cm³/mol. The van der Waals surface area contributed by atoms with Crippen molar-refractivity contribution in [1.82, 2.24) is 24.8 Å². The van der Waals surface area contributed by atoms with Crippen LogP contribution >= 0.6 is 0 Å². The first kappa shape index (κ1) is 15.5. The van der Waals surface area contributed by atoms with Crippen molar-refractivity contribution in [3.63, 3.8) is 0 Å². The highest BCUT2D eigenvalue weighted by Gasteiger charge is 2.50. The van der Waals surface area contributed by atoms with Gasteiger partial charge in [-0.15, -0.1) is 5.10 Å². The Morgan fingerprint density at radius 2 is 1.81 bits per heavy atom. The number of para-hydroxylation sites is 1. The zero-order valence-corrected chi connectivity index (χ0v) is 14.5. The third-order valence-electron chi connectivity index (χ3n) is 6.05. The minimum Gasteiger partial charge on any atom is -0.329 e. The van der Waals surface area contributed by atoms with E-state index in [1.807, 2.05) is 41.4 Å². The van der Waals surface area contributed by atoms with E-state index in [1.165, 1.54) is 12.8 Å². The predicted octanol–water partition coefficient (Wildman–Crippen LogP) is 1.24. The highest BCUT2D eigenvalue weighted by molar-refractivity contribution is 6.35. The van der Waals surface area contributed by atoms with Crippen LogP contribution in [0.1, 0.15) is 25.0 Å². The number of carbonyl (C=O) groups is 2. The lowest BCUT2D eigenvalue weighted by Crippen LogP contribution is -2.57. The molecule has 1 atom stereocenters. The second kappa shape index (κ2) is 5.93. The Hall–Kier alpha value is -2.70. The largest absolute Gasteiger partial charge is 0.329 e. The van der Waals surface area contributed by atoms with E-state index in [0.29, 0.717) is 31.2 Å². The minimum absolute atomic E-state index is 0.289. The second-order valence-corrected chi connectivity index (χ2v) is 7.62. The zero-order chi connectivity index (χ0) is 17.7.